The molecular weight excluding hydrogens is 284 g/mol. The predicted octanol–water partition coefficient (Wildman–Crippen LogP) is 4.26. The molecule has 0 saturated heterocycles. The lowest BCUT2D eigenvalue weighted by Gasteiger charge is -2.13. The van der Waals surface area contributed by atoms with E-state index >= 15 is 0 Å². The molecule has 0 aliphatic rings. The van der Waals surface area contributed by atoms with Gasteiger partial charge in [-0.3, -0.25) is 9.97 Å². The summed E-state index contributed by atoms with van der Waals surface area (Å²) in [7, 11) is 0. The van der Waals surface area contributed by atoms with Crippen molar-refractivity contribution in [2.24, 2.45) is 0 Å². The number of pyridine rings is 2. The van der Waals surface area contributed by atoms with Gasteiger partial charge in [0.1, 0.15) is 0 Å². The molecule has 0 bridgehead atoms. The van der Waals surface area contributed by atoms with E-state index in [0.717, 1.165) is 33.2 Å². The van der Waals surface area contributed by atoms with Crippen molar-refractivity contribution < 1.29 is 0 Å². The van der Waals surface area contributed by atoms with E-state index in [1.807, 2.05) is 48.8 Å². The fraction of sp³-hybridized carbons (Fsp3) is 0.0526. The SMILES string of the molecule is c1cc(NCNc2cccc3ncccc23)c2cccnc2c1. The van der Waals surface area contributed by atoms with Gasteiger partial charge in [0.25, 0.3) is 0 Å². The summed E-state index contributed by atoms with van der Waals surface area (Å²) < 4.78 is 0. The van der Waals surface area contributed by atoms with Crippen molar-refractivity contribution in [1.29, 1.82) is 0 Å². The zero-order chi connectivity index (χ0) is 15.5. The second-order valence-corrected chi connectivity index (χ2v) is 5.28. The number of anilines is 2. The molecular formula is C19H16N4. The first-order valence-corrected chi connectivity index (χ1v) is 7.57. The second kappa shape index (κ2) is 5.93. The van der Waals surface area contributed by atoms with Crippen LogP contribution >= 0.6 is 0 Å². The fourth-order valence-electron chi connectivity index (χ4n) is 2.75. The monoisotopic (exact) mass is 300 g/mol. The Labute approximate surface area is 134 Å². The fourth-order valence-corrected chi connectivity index (χ4v) is 2.75. The number of rotatable bonds is 4. The molecule has 0 saturated carbocycles. The van der Waals surface area contributed by atoms with Crippen molar-refractivity contribution in [3.05, 3.63) is 73.1 Å². The zero-order valence-electron chi connectivity index (χ0n) is 12.5. The second-order valence-electron chi connectivity index (χ2n) is 5.28. The van der Waals surface area contributed by atoms with Crippen LogP contribution in [0, 0.1) is 0 Å². The van der Waals surface area contributed by atoms with Gasteiger partial charge < -0.3 is 10.6 Å². The Balaban J connectivity index is 1.55. The summed E-state index contributed by atoms with van der Waals surface area (Å²) in [6.45, 7) is 0.627. The molecule has 0 radical (unpaired) electrons. The van der Waals surface area contributed by atoms with Gasteiger partial charge in [-0.1, -0.05) is 12.1 Å². The molecule has 4 nitrogen and oxygen atoms in total. The largest absolute Gasteiger partial charge is 0.367 e. The Morgan fingerprint density at radius 1 is 0.609 bits per heavy atom. The van der Waals surface area contributed by atoms with Crippen LogP contribution in [0.4, 0.5) is 11.4 Å². The molecule has 0 fully saturated rings. The van der Waals surface area contributed by atoms with Crippen LogP contribution in [-0.4, -0.2) is 16.6 Å². The Hall–Kier alpha value is -3.14. The standard InChI is InChI=1S/C19H16N4/c1-7-16-14(5-3-11-20-16)18(9-1)22-13-23-19-10-2-8-17-15(19)6-4-12-21-17/h1-12,22-23H,13H2. The molecule has 4 aromatic rings. The molecule has 23 heavy (non-hydrogen) atoms. The third-order valence-electron chi connectivity index (χ3n) is 3.85. The van der Waals surface area contributed by atoms with Gasteiger partial charge in [0.15, 0.2) is 0 Å². The van der Waals surface area contributed by atoms with Crippen molar-refractivity contribution in [3.8, 4) is 0 Å². The number of hydrogen-bond acceptors (Lipinski definition) is 4. The number of fused-ring (bicyclic) bond motifs is 2. The van der Waals surface area contributed by atoms with Gasteiger partial charge in [-0.25, -0.2) is 0 Å². The van der Waals surface area contributed by atoms with Crippen LogP contribution in [0.5, 0.6) is 0 Å². The Bertz CT molecular complexity index is 875. The summed E-state index contributed by atoms with van der Waals surface area (Å²) in [6.07, 6.45) is 3.63. The third-order valence-corrected chi connectivity index (χ3v) is 3.85. The van der Waals surface area contributed by atoms with E-state index in [-0.39, 0.29) is 0 Å². The molecule has 0 unspecified atom stereocenters. The van der Waals surface area contributed by atoms with Gasteiger partial charge in [-0.15, -0.1) is 0 Å². The lowest BCUT2D eigenvalue weighted by Crippen LogP contribution is -2.12. The maximum Gasteiger partial charge on any atom is 0.0849 e. The van der Waals surface area contributed by atoms with Crippen LogP contribution in [0.25, 0.3) is 21.8 Å². The van der Waals surface area contributed by atoms with E-state index in [1.54, 1.807) is 0 Å². The van der Waals surface area contributed by atoms with Crippen LogP contribution in [0.2, 0.25) is 0 Å². The molecule has 0 spiro atoms. The van der Waals surface area contributed by atoms with Crippen molar-refractivity contribution in [2.45, 2.75) is 0 Å². The minimum atomic E-state index is 0.627. The zero-order valence-corrected chi connectivity index (χ0v) is 12.5. The highest BCUT2D eigenvalue weighted by Gasteiger charge is 2.02. The molecule has 2 aromatic carbocycles. The van der Waals surface area contributed by atoms with E-state index in [4.69, 9.17) is 0 Å². The van der Waals surface area contributed by atoms with Crippen LogP contribution in [0.15, 0.2) is 73.1 Å². The lowest BCUT2D eigenvalue weighted by molar-refractivity contribution is 1.22. The van der Waals surface area contributed by atoms with Gasteiger partial charge in [0.2, 0.25) is 0 Å². The Morgan fingerprint density at radius 3 is 1.65 bits per heavy atom. The number of nitrogens with one attached hydrogen (secondary N) is 2. The quantitative estimate of drug-likeness (QED) is 0.553. The minimum absolute atomic E-state index is 0.627. The first-order valence-electron chi connectivity index (χ1n) is 7.57. The average Bonchev–Trinajstić information content (AvgIpc) is 2.62. The number of benzene rings is 2. The third kappa shape index (κ3) is 2.66. The smallest absolute Gasteiger partial charge is 0.0849 e. The Kier molecular flexibility index (Phi) is 3.48. The summed E-state index contributed by atoms with van der Waals surface area (Å²) in [5, 5.41) is 9.10. The first-order chi connectivity index (χ1) is 11.4. The summed E-state index contributed by atoms with van der Waals surface area (Å²) in [5.74, 6) is 0. The van der Waals surface area contributed by atoms with Crippen LogP contribution < -0.4 is 10.6 Å². The predicted molar refractivity (Wildman–Crippen MR) is 95.6 cm³/mol. The van der Waals surface area contributed by atoms with Crippen molar-refractivity contribution in [3.63, 3.8) is 0 Å². The highest BCUT2D eigenvalue weighted by atomic mass is 15.1. The van der Waals surface area contributed by atoms with Crippen molar-refractivity contribution >= 4 is 33.2 Å². The van der Waals surface area contributed by atoms with Gasteiger partial charge in [0, 0.05) is 34.5 Å². The van der Waals surface area contributed by atoms with E-state index in [1.165, 1.54) is 0 Å². The van der Waals surface area contributed by atoms with E-state index in [2.05, 4.69) is 44.9 Å². The highest BCUT2D eigenvalue weighted by Crippen LogP contribution is 2.23. The van der Waals surface area contributed by atoms with Crippen molar-refractivity contribution in [2.75, 3.05) is 17.3 Å². The maximum absolute atomic E-state index is 4.38. The molecule has 0 amide bonds. The first kappa shape index (κ1) is 13.5. The van der Waals surface area contributed by atoms with Gasteiger partial charge in [-0.05, 0) is 48.5 Å². The number of nitrogens with zero attached hydrogens (tertiary/aromatic N) is 2. The minimum Gasteiger partial charge on any atom is -0.367 e. The van der Waals surface area contributed by atoms with Gasteiger partial charge in [0.05, 0.1) is 17.7 Å². The summed E-state index contributed by atoms with van der Waals surface area (Å²) in [6, 6.07) is 20.3. The lowest BCUT2D eigenvalue weighted by atomic mass is 10.2. The number of aromatic nitrogens is 2. The Morgan fingerprint density at radius 2 is 1.13 bits per heavy atom. The maximum atomic E-state index is 4.38. The van der Waals surface area contributed by atoms with Crippen LogP contribution in [0.1, 0.15) is 0 Å². The summed E-state index contributed by atoms with van der Waals surface area (Å²) >= 11 is 0. The molecule has 4 heteroatoms. The normalized spacial score (nSPS) is 10.8. The van der Waals surface area contributed by atoms with Crippen LogP contribution in [0.3, 0.4) is 0 Å². The van der Waals surface area contributed by atoms with E-state index in [0.29, 0.717) is 6.67 Å². The molecule has 0 aliphatic heterocycles. The molecule has 2 N–H and O–H groups in total. The molecule has 0 atom stereocenters. The molecule has 4 rings (SSSR count). The summed E-state index contributed by atoms with van der Waals surface area (Å²) in [5.41, 5.74) is 4.13. The highest BCUT2D eigenvalue weighted by molar-refractivity contribution is 5.92. The molecule has 0 aliphatic carbocycles. The molecule has 112 valence electrons. The van der Waals surface area contributed by atoms with Gasteiger partial charge >= 0.3 is 0 Å². The van der Waals surface area contributed by atoms with E-state index in [9.17, 15) is 0 Å². The average molecular weight is 300 g/mol. The van der Waals surface area contributed by atoms with Gasteiger partial charge in [-0.2, -0.15) is 0 Å². The molecule has 2 aromatic heterocycles. The number of hydrogen-bond donors (Lipinski definition) is 2. The topological polar surface area (TPSA) is 49.8 Å². The summed E-state index contributed by atoms with van der Waals surface area (Å²) in [4.78, 5) is 8.76. The van der Waals surface area contributed by atoms with E-state index < -0.39 is 0 Å². The van der Waals surface area contributed by atoms with Crippen molar-refractivity contribution in [1.82, 2.24) is 9.97 Å². The van der Waals surface area contributed by atoms with Crippen LogP contribution in [-0.2, 0) is 0 Å². The molecule has 2 heterocycles.